The van der Waals surface area contributed by atoms with Gasteiger partial charge in [-0.25, -0.2) is 0 Å². The van der Waals surface area contributed by atoms with Gasteiger partial charge in [-0.05, 0) is 37.1 Å². The number of benzene rings is 2. The summed E-state index contributed by atoms with van der Waals surface area (Å²) in [5.74, 6) is -1.17. The molecule has 3 rings (SSSR count). The van der Waals surface area contributed by atoms with E-state index in [0.717, 1.165) is 16.7 Å². The Balaban J connectivity index is 2.25. The third kappa shape index (κ3) is 3.76. The normalized spacial score (nSPS) is 18.3. The lowest BCUT2D eigenvalue weighted by Crippen LogP contribution is -2.32. The minimum absolute atomic E-state index is 0.0595. The van der Waals surface area contributed by atoms with Crippen LogP contribution in [0.15, 0.2) is 48.0 Å². The van der Waals surface area contributed by atoms with Crippen molar-refractivity contribution in [3.05, 3.63) is 70.3 Å². The van der Waals surface area contributed by atoms with Crippen LogP contribution in [-0.2, 0) is 14.3 Å². The Morgan fingerprint density at radius 1 is 1.10 bits per heavy atom. The molecule has 29 heavy (non-hydrogen) atoms. The standard InChI is InChI=1S/C23H25NO5/c1-14-9-10-18(29-4)17(13-14)21(25)19-20(16-8-6-5-7-15(16)2)24(11-12-28-3)23(27)22(19)26/h5-10,13,20,25H,11-12H2,1-4H3/b21-19+. The highest BCUT2D eigenvalue weighted by Crippen LogP contribution is 2.41. The van der Waals surface area contributed by atoms with Gasteiger partial charge in [0.15, 0.2) is 0 Å². The summed E-state index contributed by atoms with van der Waals surface area (Å²) in [4.78, 5) is 27.3. The zero-order valence-corrected chi connectivity index (χ0v) is 17.1. The number of amides is 1. The Morgan fingerprint density at radius 3 is 2.48 bits per heavy atom. The number of ether oxygens (including phenoxy) is 2. The zero-order chi connectivity index (χ0) is 21.1. The molecule has 0 spiro atoms. The highest BCUT2D eigenvalue weighted by molar-refractivity contribution is 6.46. The lowest BCUT2D eigenvalue weighted by atomic mass is 9.92. The molecule has 1 unspecified atom stereocenters. The summed E-state index contributed by atoms with van der Waals surface area (Å²) >= 11 is 0. The Morgan fingerprint density at radius 2 is 1.83 bits per heavy atom. The molecule has 0 aliphatic carbocycles. The van der Waals surface area contributed by atoms with Gasteiger partial charge < -0.3 is 19.5 Å². The minimum Gasteiger partial charge on any atom is -0.507 e. The summed E-state index contributed by atoms with van der Waals surface area (Å²) in [7, 11) is 3.04. The number of nitrogens with zero attached hydrogens (tertiary/aromatic N) is 1. The first-order valence-corrected chi connectivity index (χ1v) is 9.38. The van der Waals surface area contributed by atoms with Gasteiger partial charge in [0, 0.05) is 13.7 Å². The molecule has 6 heteroatoms. The summed E-state index contributed by atoms with van der Waals surface area (Å²) in [5.41, 5.74) is 3.05. The molecule has 1 heterocycles. The molecular formula is C23H25NO5. The summed E-state index contributed by atoms with van der Waals surface area (Å²) in [5, 5.41) is 11.2. The molecule has 1 amide bonds. The number of Topliss-reactive ketones (excluding diaryl/α,β-unsaturated/α-hetero) is 1. The van der Waals surface area contributed by atoms with Crippen molar-refractivity contribution in [3.63, 3.8) is 0 Å². The maximum Gasteiger partial charge on any atom is 0.295 e. The topological polar surface area (TPSA) is 76.1 Å². The number of likely N-dealkylation sites (tertiary alicyclic amines) is 1. The molecule has 1 atom stereocenters. The smallest absolute Gasteiger partial charge is 0.295 e. The van der Waals surface area contributed by atoms with Crippen molar-refractivity contribution in [1.82, 2.24) is 4.90 Å². The van der Waals surface area contributed by atoms with E-state index in [-0.39, 0.29) is 24.5 Å². The van der Waals surface area contributed by atoms with Gasteiger partial charge in [-0.1, -0.05) is 35.9 Å². The van der Waals surface area contributed by atoms with Crippen molar-refractivity contribution >= 4 is 17.4 Å². The van der Waals surface area contributed by atoms with Gasteiger partial charge in [0.25, 0.3) is 11.7 Å². The SMILES string of the molecule is COCCN1C(=O)C(=O)/C(=C(/O)c2cc(C)ccc2OC)C1c1ccccc1C. The number of carbonyl (C=O) groups excluding carboxylic acids is 2. The van der Waals surface area contributed by atoms with Gasteiger partial charge in [0.2, 0.25) is 0 Å². The van der Waals surface area contributed by atoms with Crippen LogP contribution in [0.25, 0.3) is 5.76 Å². The van der Waals surface area contributed by atoms with E-state index in [0.29, 0.717) is 11.3 Å². The molecule has 0 bridgehead atoms. The van der Waals surface area contributed by atoms with Crippen molar-refractivity contribution in [2.24, 2.45) is 0 Å². The third-order valence-electron chi connectivity index (χ3n) is 5.17. The van der Waals surface area contributed by atoms with Crippen LogP contribution in [0.1, 0.15) is 28.3 Å². The molecule has 0 radical (unpaired) electrons. The quantitative estimate of drug-likeness (QED) is 0.461. The molecule has 1 saturated heterocycles. The van der Waals surface area contributed by atoms with E-state index in [1.54, 1.807) is 12.1 Å². The summed E-state index contributed by atoms with van der Waals surface area (Å²) < 4.78 is 10.5. The van der Waals surface area contributed by atoms with Gasteiger partial charge in [0.05, 0.1) is 30.9 Å². The van der Waals surface area contributed by atoms with Crippen LogP contribution in [0.2, 0.25) is 0 Å². The summed E-state index contributed by atoms with van der Waals surface area (Å²) in [6.07, 6.45) is 0. The van der Waals surface area contributed by atoms with E-state index >= 15 is 0 Å². The van der Waals surface area contributed by atoms with E-state index < -0.39 is 17.7 Å². The number of aliphatic hydroxyl groups excluding tert-OH is 1. The molecule has 6 nitrogen and oxygen atoms in total. The largest absolute Gasteiger partial charge is 0.507 e. The molecular weight excluding hydrogens is 370 g/mol. The van der Waals surface area contributed by atoms with Gasteiger partial charge in [0.1, 0.15) is 11.5 Å². The van der Waals surface area contributed by atoms with Crippen molar-refractivity contribution in [2.75, 3.05) is 27.4 Å². The first kappa shape index (κ1) is 20.6. The van der Waals surface area contributed by atoms with Crippen LogP contribution in [0, 0.1) is 13.8 Å². The first-order valence-electron chi connectivity index (χ1n) is 9.38. The fourth-order valence-corrected chi connectivity index (χ4v) is 3.67. The van der Waals surface area contributed by atoms with E-state index in [4.69, 9.17) is 9.47 Å². The van der Waals surface area contributed by atoms with E-state index in [9.17, 15) is 14.7 Å². The van der Waals surface area contributed by atoms with Crippen LogP contribution < -0.4 is 4.74 Å². The van der Waals surface area contributed by atoms with Gasteiger partial charge in [-0.2, -0.15) is 0 Å². The number of hydrogen-bond acceptors (Lipinski definition) is 5. The highest BCUT2D eigenvalue weighted by Gasteiger charge is 2.46. The van der Waals surface area contributed by atoms with Crippen LogP contribution in [0.4, 0.5) is 0 Å². The van der Waals surface area contributed by atoms with Crippen LogP contribution >= 0.6 is 0 Å². The third-order valence-corrected chi connectivity index (χ3v) is 5.17. The minimum atomic E-state index is -0.713. The number of aliphatic hydroxyl groups is 1. The van der Waals surface area contributed by atoms with Gasteiger partial charge in [-0.3, -0.25) is 9.59 Å². The van der Waals surface area contributed by atoms with Gasteiger partial charge in [-0.15, -0.1) is 0 Å². The molecule has 1 aliphatic rings. The highest BCUT2D eigenvalue weighted by atomic mass is 16.5. The second-order valence-electron chi connectivity index (χ2n) is 7.05. The summed E-state index contributed by atoms with van der Waals surface area (Å²) in [6.45, 7) is 4.32. The lowest BCUT2D eigenvalue weighted by Gasteiger charge is -2.26. The summed E-state index contributed by atoms with van der Waals surface area (Å²) in [6, 6.07) is 12.2. The number of rotatable bonds is 6. The van der Waals surface area contributed by atoms with Crippen molar-refractivity contribution in [2.45, 2.75) is 19.9 Å². The molecule has 1 fully saturated rings. The van der Waals surface area contributed by atoms with Crippen LogP contribution in [0.5, 0.6) is 5.75 Å². The monoisotopic (exact) mass is 395 g/mol. The van der Waals surface area contributed by atoms with Crippen molar-refractivity contribution in [3.8, 4) is 5.75 Å². The maximum atomic E-state index is 13.0. The fourth-order valence-electron chi connectivity index (χ4n) is 3.67. The molecule has 1 aliphatic heterocycles. The predicted molar refractivity (Wildman–Crippen MR) is 110 cm³/mol. The number of carbonyl (C=O) groups is 2. The molecule has 2 aromatic carbocycles. The Labute approximate surface area is 170 Å². The predicted octanol–water partition coefficient (Wildman–Crippen LogP) is 3.38. The van der Waals surface area contributed by atoms with Gasteiger partial charge >= 0.3 is 0 Å². The second kappa shape index (κ2) is 8.49. The first-order chi connectivity index (χ1) is 13.9. The molecule has 0 aromatic heterocycles. The Bertz CT molecular complexity index is 979. The van der Waals surface area contributed by atoms with Crippen LogP contribution in [0.3, 0.4) is 0 Å². The number of ketones is 1. The fraction of sp³-hybridized carbons (Fsp3) is 0.304. The average Bonchev–Trinajstić information content (AvgIpc) is 2.96. The maximum absolute atomic E-state index is 13.0. The second-order valence-corrected chi connectivity index (χ2v) is 7.05. The molecule has 2 aromatic rings. The average molecular weight is 395 g/mol. The van der Waals surface area contributed by atoms with Crippen molar-refractivity contribution in [1.29, 1.82) is 0 Å². The lowest BCUT2D eigenvalue weighted by molar-refractivity contribution is -0.140. The molecule has 0 saturated carbocycles. The number of hydrogen-bond donors (Lipinski definition) is 1. The zero-order valence-electron chi connectivity index (χ0n) is 17.1. The van der Waals surface area contributed by atoms with E-state index in [2.05, 4.69) is 0 Å². The molecule has 152 valence electrons. The van der Waals surface area contributed by atoms with Crippen molar-refractivity contribution < 1.29 is 24.2 Å². The Kier molecular flexibility index (Phi) is 6.03. The van der Waals surface area contributed by atoms with E-state index in [1.807, 2.05) is 44.2 Å². The Hall–Kier alpha value is -3.12. The van der Waals surface area contributed by atoms with Crippen LogP contribution in [-0.4, -0.2) is 49.1 Å². The number of aryl methyl sites for hydroxylation is 2. The van der Waals surface area contributed by atoms with E-state index in [1.165, 1.54) is 19.1 Å². The molecule has 1 N–H and O–H groups in total. The number of methoxy groups -OCH3 is 2.